The Kier molecular flexibility index (Phi) is 5.45. The van der Waals surface area contributed by atoms with Gasteiger partial charge in [0.1, 0.15) is 0 Å². The number of rotatable bonds is 5. The minimum atomic E-state index is -0.460. The summed E-state index contributed by atoms with van der Waals surface area (Å²) in [5.41, 5.74) is 1.47. The van der Waals surface area contributed by atoms with Crippen molar-refractivity contribution in [3.8, 4) is 0 Å². The van der Waals surface area contributed by atoms with Crippen molar-refractivity contribution in [1.29, 1.82) is 0 Å². The molecule has 0 aliphatic carbocycles. The van der Waals surface area contributed by atoms with Crippen LogP contribution in [0.2, 0.25) is 5.02 Å². The van der Waals surface area contributed by atoms with Crippen LogP contribution in [0.5, 0.6) is 0 Å². The molecule has 0 aliphatic heterocycles. The third-order valence-corrected chi connectivity index (χ3v) is 4.06. The second-order valence-electron chi connectivity index (χ2n) is 5.38. The Morgan fingerprint density at radius 2 is 2.00 bits per heavy atom. The van der Waals surface area contributed by atoms with E-state index in [2.05, 4.69) is 15.7 Å². The number of hydrogen-bond acceptors (Lipinski definition) is 4. The zero-order chi connectivity index (χ0) is 18.5. The van der Waals surface area contributed by atoms with Gasteiger partial charge in [0.15, 0.2) is 10.9 Å². The smallest absolute Gasteiger partial charge is 0.271 e. The number of benzene rings is 2. The number of nitrogens with one attached hydrogen (secondary N) is 2. The van der Waals surface area contributed by atoms with E-state index in [9.17, 15) is 10.1 Å². The number of hydrogen-bond donors (Lipinski definition) is 2. The van der Waals surface area contributed by atoms with Crippen LogP contribution >= 0.6 is 23.8 Å². The molecule has 1 heterocycles. The van der Waals surface area contributed by atoms with Gasteiger partial charge in [0.2, 0.25) is 0 Å². The van der Waals surface area contributed by atoms with Gasteiger partial charge >= 0.3 is 0 Å². The van der Waals surface area contributed by atoms with Gasteiger partial charge in [0.25, 0.3) is 5.69 Å². The van der Waals surface area contributed by atoms with Crippen molar-refractivity contribution in [3.05, 3.63) is 81.5 Å². The Bertz CT molecular complexity index is 960. The fourth-order valence-electron chi connectivity index (χ4n) is 2.29. The highest BCUT2D eigenvalue weighted by Crippen LogP contribution is 2.18. The topological polar surface area (TPSA) is 85.0 Å². The Balaban J connectivity index is 1.62. The normalized spacial score (nSPS) is 10.3. The monoisotopic (exact) mass is 387 g/mol. The molecule has 26 heavy (non-hydrogen) atoms. The predicted octanol–water partition coefficient (Wildman–Crippen LogP) is 4.30. The number of halogens is 1. The summed E-state index contributed by atoms with van der Waals surface area (Å²) < 4.78 is 1.74. The first-order chi connectivity index (χ1) is 12.5. The minimum Gasteiger partial charge on any atom is -0.332 e. The molecule has 132 valence electrons. The van der Waals surface area contributed by atoms with Crippen molar-refractivity contribution in [2.24, 2.45) is 0 Å². The van der Waals surface area contributed by atoms with E-state index in [1.54, 1.807) is 22.9 Å². The molecule has 0 unspecified atom stereocenters. The summed E-state index contributed by atoms with van der Waals surface area (Å²) in [6.07, 6.45) is 1.81. The summed E-state index contributed by atoms with van der Waals surface area (Å²) in [6, 6.07) is 15.4. The second kappa shape index (κ2) is 7.94. The lowest BCUT2D eigenvalue weighted by molar-refractivity contribution is -0.384. The summed E-state index contributed by atoms with van der Waals surface area (Å²) in [4.78, 5) is 10.4. The van der Waals surface area contributed by atoms with Gasteiger partial charge < -0.3 is 10.6 Å². The maximum atomic E-state index is 10.8. The molecule has 3 rings (SSSR count). The molecule has 0 amide bonds. The first kappa shape index (κ1) is 17.8. The molecular formula is C17H14ClN5O2S. The molecule has 0 bridgehead atoms. The lowest BCUT2D eigenvalue weighted by atomic mass is 10.2. The van der Waals surface area contributed by atoms with Gasteiger partial charge in [0.05, 0.1) is 11.5 Å². The molecule has 9 heteroatoms. The molecular weight excluding hydrogens is 374 g/mol. The maximum Gasteiger partial charge on any atom is 0.271 e. The third-order valence-electron chi connectivity index (χ3n) is 3.49. The van der Waals surface area contributed by atoms with Crippen LogP contribution in [0.1, 0.15) is 5.56 Å². The van der Waals surface area contributed by atoms with E-state index in [1.165, 1.54) is 12.1 Å². The van der Waals surface area contributed by atoms with Gasteiger partial charge in [-0.1, -0.05) is 35.9 Å². The second-order valence-corrected chi connectivity index (χ2v) is 6.19. The van der Waals surface area contributed by atoms with E-state index in [1.807, 2.05) is 30.5 Å². The summed E-state index contributed by atoms with van der Waals surface area (Å²) in [5.74, 6) is 0.556. The average molecular weight is 388 g/mol. The van der Waals surface area contributed by atoms with Crippen LogP contribution in [0, 0.1) is 10.1 Å². The molecule has 0 radical (unpaired) electrons. The van der Waals surface area contributed by atoms with Gasteiger partial charge in [-0.25, -0.2) is 0 Å². The number of nitro groups is 1. The van der Waals surface area contributed by atoms with E-state index in [0.29, 0.717) is 23.1 Å². The van der Waals surface area contributed by atoms with Crippen molar-refractivity contribution >= 4 is 46.1 Å². The molecule has 0 atom stereocenters. The first-order valence-electron chi connectivity index (χ1n) is 7.60. The zero-order valence-electron chi connectivity index (χ0n) is 13.4. The molecule has 0 spiro atoms. The highest BCUT2D eigenvalue weighted by molar-refractivity contribution is 7.80. The number of non-ortho nitro benzene ring substituents is 1. The van der Waals surface area contributed by atoms with E-state index >= 15 is 0 Å². The molecule has 3 aromatic rings. The Morgan fingerprint density at radius 1 is 1.19 bits per heavy atom. The van der Waals surface area contributed by atoms with Crippen molar-refractivity contribution in [2.45, 2.75) is 6.54 Å². The van der Waals surface area contributed by atoms with Crippen LogP contribution in [-0.2, 0) is 6.54 Å². The van der Waals surface area contributed by atoms with Gasteiger partial charge in [-0.2, -0.15) is 5.10 Å². The highest BCUT2D eigenvalue weighted by atomic mass is 35.5. The first-order valence-corrected chi connectivity index (χ1v) is 8.39. The van der Waals surface area contributed by atoms with Gasteiger partial charge in [-0.15, -0.1) is 0 Å². The quantitative estimate of drug-likeness (QED) is 0.385. The molecule has 2 aromatic carbocycles. The van der Waals surface area contributed by atoms with Crippen LogP contribution in [0.15, 0.2) is 60.8 Å². The predicted molar refractivity (Wildman–Crippen MR) is 106 cm³/mol. The van der Waals surface area contributed by atoms with Crippen molar-refractivity contribution in [2.75, 3.05) is 10.6 Å². The Labute approximate surface area is 159 Å². The van der Waals surface area contributed by atoms with Crippen molar-refractivity contribution in [1.82, 2.24) is 9.78 Å². The van der Waals surface area contributed by atoms with Crippen LogP contribution in [0.25, 0.3) is 0 Å². The van der Waals surface area contributed by atoms with Crippen molar-refractivity contribution in [3.63, 3.8) is 0 Å². The summed E-state index contributed by atoms with van der Waals surface area (Å²) in [7, 11) is 0. The highest BCUT2D eigenvalue weighted by Gasteiger charge is 2.08. The molecule has 0 saturated carbocycles. The van der Waals surface area contributed by atoms with E-state index in [4.69, 9.17) is 23.8 Å². The lowest BCUT2D eigenvalue weighted by Gasteiger charge is -2.08. The van der Waals surface area contributed by atoms with Crippen LogP contribution in [0.4, 0.5) is 17.2 Å². The molecule has 7 nitrogen and oxygen atoms in total. The number of anilines is 2. The van der Waals surface area contributed by atoms with Gasteiger partial charge in [-0.05, 0) is 29.9 Å². The van der Waals surface area contributed by atoms with Crippen molar-refractivity contribution < 1.29 is 4.92 Å². The van der Waals surface area contributed by atoms with E-state index < -0.39 is 4.92 Å². The van der Waals surface area contributed by atoms with Gasteiger partial charge in [-0.3, -0.25) is 14.8 Å². The van der Waals surface area contributed by atoms with E-state index in [-0.39, 0.29) is 10.8 Å². The molecule has 2 N–H and O–H groups in total. The number of thiocarbonyl (C=S) groups is 1. The molecule has 0 fully saturated rings. The largest absolute Gasteiger partial charge is 0.332 e. The zero-order valence-corrected chi connectivity index (χ0v) is 15.0. The summed E-state index contributed by atoms with van der Waals surface area (Å²) in [5, 5.41) is 22.0. The fourth-order valence-corrected chi connectivity index (χ4v) is 2.71. The third kappa shape index (κ3) is 4.56. The fraction of sp³-hybridized carbons (Fsp3) is 0.0588. The van der Waals surface area contributed by atoms with Crippen LogP contribution in [-0.4, -0.2) is 19.8 Å². The van der Waals surface area contributed by atoms with Crippen LogP contribution < -0.4 is 10.6 Å². The lowest BCUT2D eigenvalue weighted by Crippen LogP contribution is -2.19. The number of nitrogens with zero attached hydrogens (tertiary/aromatic N) is 3. The Morgan fingerprint density at radius 3 is 2.77 bits per heavy atom. The minimum absolute atomic E-state index is 0.0122. The summed E-state index contributed by atoms with van der Waals surface area (Å²) in [6.45, 7) is 0.534. The van der Waals surface area contributed by atoms with E-state index in [0.717, 1.165) is 5.56 Å². The maximum absolute atomic E-state index is 10.8. The van der Waals surface area contributed by atoms with Gasteiger partial charge in [0, 0.05) is 35.1 Å². The average Bonchev–Trinajstić information content (AvgIpc) is 3.04. The standard InChI is InChI=1S/C17H14ClN5O2S/c18-15-7-2-1-4-12(15)11-22-9-8-16(21-22)20-17(26)19-13-5-3-6-14(10-13)23(24)25/h1-10H,11H2,(H2,19,20,21,26). The molecule has 1 aromatic heterocycles. The summed E-state index contributed by atoms with van der Waals surface area (Å²) >= 11 is 11.4. The molecule has 0 aliphatic rings. The number of aromatic nitrogens is 2. The van der Waals surface area contributed by atoms with Crippen LogP contribution in [0.3, 0.4) is 0 Å². The molecule has 0 saturated heterocycles. The number of nitro benzene ring substituents is 1. The Hall–Kier alpha value is -2.97. The SMILES string of the molecule is O=[N+]([O-])c1cccc(NC(=S)Nc2ccn(Cc3ccccc3Cl)n2)c1.